The molecule has 92 valence electrons. The minimum atomic E-state index is -0.556. The lowest BCUT2D eigenvalue weighted by Crippen LogP contribution is -1.97. The van der Waals surface area contributed by atoms with Crippen LogP contribution in [0.4, 0.5) is 5.69 Å². The molecule has 1 aromatic carbocycles. The number of benzene rings is 1. The van der Waals surface area contributed by atoms with Gasteiger partial charge in [-0.1, -0.05) is 23.3 Å². The van der Waals surface area contributed by atoms with Crippen molar-refractivity contribution in [3.8, 4) is 0 Å². The number of rotatable bonds is 5. The van der Waals surface area contributed by atoms with Crippen molar-refractivity contribution in [3.05, 3.63) is 56.0 Å². The van der Waals surface area contributed by atoms with Crippen LogP contribution in [0, 0.1) is 10.1 Å². The number of nitro groups is 1. The van der Waals surface area contributed by atoms with Gasteiger partial charge in [-0.2, -0.15) is 0 Å². The maximum absolute atomic E-state index is 11.1. The molecule has 0 radical (unpaired) electrons. The Morgan fingerprint density at radius 3 is 2.89 bits per heavy atom. The van der Waals surface area contributed by atoms with Crippen molar-refractivity contribution in [2.45, 2.75) is 6.92 Å². The topological polar surface area (TPSA) is 109 Å². The Labute approximate surface area is 103 Å². The standard InChI is InChI=1S/C11H10N4O3/c1-8(16)10-5-4-9(3-2-6-13-14-12)11(7-10)15(17)18/h2-5,7H,6H2,1H3. The van der Waals surface area contributed by atoms with E-state index in [2.05, 4.69) is 10.0 Å². The first kappa shape index (κ1) is 13.4. The third-order valence-electron chi connectivity index (χ3n) is 2.18. The molecule has 0 fully saturated rings. The molecule has 0 unspecified atom stereocenters. The number of carbonyl (C=O) groups is 1. The fourth-order valence-corrected chi connectivity index (χ4v) is 1.33. The number of hydrogen-bond donors (Lipinski definition) is 0. The number of nitro benzene ring substituents is 1. The Balaban J connectivity index is 3.11. The van der Waals surface area contributed by atoms with Crippen molar-refractivity contribution in [3.63, 3.8) is 0 Å². The second-order valence-corrected chi connectivity index (χ2v) is 3.40. The van der Waals surface area contributed by atoms with Gasteiger partial charge in [0.15, 0.2) is 5.78 Å². The van der Waals surface area contributed by atoms with E-state index in [9.17, 15) is 14.9 Å². The smallest absolute Gasteiger partial charge is 0.277 e. The third-order valence-corrected chi connectivity index (χ3v) is 2.18. The first-order chi connectivity index (χ1) is 8.56. The highest BCUT2D eigenvalue weighted by atomic mass is 16.6. The quantitative estimate of drug-likeness (QED) is 0.199. The SMILES string of the molecule is CC(=O)c1ccc(C=CCN=[N+]=[N-])c([N+](=O)[O-])c1. The van der Waals surface area contributed by atoms with Crippen molar-refractivity contribution in [2.24, 2.45) is 5.11 Å². The normalized spacial score (nSPS) is 10.1. The zero-order chi connectivity index (χ0) is 13.5. The van der Waals surface area contributed by atoms with E-state index in [4.69, 9.17) is 5.53 Å². The predicted octanol–water partition coefficient (Wildman–Crippen LogP) is 3.12. The Bertz CT molecular complexity index is 559. The van der Waals surface area contributed by atoms with E-state index >= 15 is 0 Å². The molecular weight excluding hydrogens is 236 g/mol. The van der Waals surface area contributed by atoms with Crippen molar-refractivity contribution >= 4 is 17.5 Å². The largest absolute Gasteiger partial charge is 0.295 e. The summed E-state index contributed by atoms with van der Waals surface area (Å²) in [5.74, 6) is -0.234. The van der Waals surface area contributed by atoms with E-state index < -0.39 is 4.92 Å². The minimum Gasteiger partial charge on any atom is -0.295 e. The van der Waals surface area contributed by atoms with Gasteiger partial charge in [-0.15, -0.1) is 0 Å². The zero-order valence-corrected chi connectivity index (χ0v) is 9.61. The van der Waals surface area contributed by atoms with E-state index in [1.165, 1.54) is 37.3 Å². The lowest BCUT2D eigenvalue weighted by molar-refractivity contribution is -0.385. The summed E-state index contributed by atoms with van der Waals surface area (Å²) in [7, 11) is 0. The van der Waals surface area contributed by atoms with Gasteiger partial charge in [-0.05, 0) is 18.5 Å². The van der Waals surface area contributed by atoms with Crippen LogP contribution in [0.25, 0.3) is 16.5 Å². The molecular formula is C11H10N4O3. The Morgan fingerprint density at radius 1 is 1.61 bits per heavy atom. The van der Waals surface area contributed by atoms with E-state index in [0.29, 0.717) is 5.56 Å². The van der Waals surface area contributed by atoms with E-state index in [-0.39, 0.29) is 23.6 Å². The summed E-state index contributed by atoms with van der Waals surface area (Å²) in [4.78, 5) is 24.0. The molecule has 0 saturated heterocycles. The van der Waals surface area contributed by atoms with E-state index in [0.717, 1.165) is 0 Å². The van der Waals surface area contributed by atoms with Crippen LogP contribution < -0.4 is 0 Å². The minimum absolute atomic E-state index is 0.113. The molecule has 7 heteroatoms. The Kier molecular flexibility index (Phi) is 4.59. The van der Waals surface area contributed by atoms with Gasteiger partial charge in [-0.3, -0.25) is 14.9 Å². The van der Waals surface area contributed by atoms with Crippen molar-refractivity contribution < 1.29 is 9.72 Å². The van der Waals surface area contributed by atoms with Crippen molar-refractivity contribution in [1.82, 2.24) is 0 Å². The molecule has 0 N–H and O–H groups in total. The lowest BCUT2D eigenvalue weighted by Gasteiger charge is -2.00. The molecule has 7 nitrogen and oxygen atoms in total. The molecule has 0 aliphatic carbocycles. The molecule has 0 aliphatic rings. The predicted molar refractivity (Wildman–Crippen MR) is 66.1 cm³/mol. The number of carbonyl (C=O) groups excluding carboxylic acids is 1. The molecule has 0 aromatic heterocycles. The van der Waals surface area contributed by atoms with Gasteiger partial charge >= 0.3 is 0 Å². The van der Waals surface area contributed by atoms with E-state index in [1.54, 1.807) is 0 Å². The zero-order valence-electron chi connectivity index (χ0n) is 9.61. The Morgan fingerprint density at radius 2 is 2.33 bits per heavy atom. The van der Waals surface area contributed by atoms with Gasteiger partial charge in [0.1, 0.15) is 0 Å². The second-order valence-electron chi connectivity index (χ2n) is 3.40. The van der Waals surface area contributed by atoms with Gasteiger partial charge in [0.05, 0.1) is 10.5 Å². The van der Waals surface area contributed by atoms with Crippen molar-refractivity contribution in [1.29, 1.82) is 0 Å². The van der Waals surface area contributed by atoms with Gasteiger partial charge in [0, 0.05) is 23.1 Å². The second kappa shape index (κ2) is 6.17. The van der Waals surface area contributed by atoms with Crippen LogP contribution in [0.5, 0.6) is 0 Å². The molecule has 0 bridgehead atoms. The molecule has 0 saturated carbocycles. The number of azide groups is 1. The first-order valence-corrected chi connectivity index (χ1v) is 5.03. The van der Waals surface area contributed by atoms with Crippen LogP contribution in [-0.4, -0.2) is 17.3 Å². The van der Waals surface area contributed by atoms with Crippen LogP contribution in [0.15, 0.2) is 29.4 Å². The Hall–Kier alpha value is -2.66. The summed E-state index contributed by atoms with van der Waals surface area (Å²) >= 11 is 0. The van der Waals surface area contributed by atoms with Gasteiger partial charge < -0.3 is 0 Å². The fourth-order valence-electron chi connectivity index (χ4n) is 1.33. The molecule has 0 spiro atoms. The molecule has 1 aromatic rings. The monoisotopic (exact) mass is 246 g/mol. The average molecular weight is 246 g/mol. The van der Waals surface area contributed by atoms with Crippen LogP contribution in [0.3, 0.4) is 0 Å². The van der Waals surface area contributed by atoms with Crippen LogP contribution >= 0.6 is 0 Å². The molecule has 0 atom stereocenters. The maximum Gasteiger partial charge on any atom is 0.277 e. The van der Waals surface area contributed by atoms with Crippen LogP contribution in [0.2, 0.25) is 0 Å². The average Bonchev–Trinajstić information content (AvgIpc) is 2.34. The molecule has 0 amide bonds. The summed E-state index contributed by atoms with van der Waals surface area (Å²) in [5, 5.41) is 14.1. The van der Waals surface area contributed by atoms with Crippen molar-refractivity contribution in [2.75, 3.05) is 6.54 Å². The number of hydrogen-bond acceptors (Lipinski definition) is 4. The van der Waals surface area contributed by atoms with Crippen LogP contribution in [0.1, 0.15) is 22.8 Å². The maximum atomic E-state index is 11.1. The first-order valence-electron chi connectivity index (χ1n) is 5.03. The molecule has 0 aliphatic heterocycles. The highest BCUT2D eigenvalue weighted by Crippen LogP contribution is 2.22. The molecule has 1 rings (SSSR count). The highest BCUT2D eigenvalue weighted by Gasteiger charge is 2.13. The summed E-state index contributed by atoms with van der Waals surface area (Å²) < 4.78 is 0. The summed E-state index contributed by atoms with van der Waals surface area (Å²) in [6.45, 7) is 1.46. The summed E-state index contributed by atoms with van der Waals surface area (Å²) in [6.07, 6.45) is 2.99. The van der Waals surface area contributed by atoms with Crippen LogP contribution in [-0.2, 0) is 0 Å². The molecule has 0 heterocycles. The van der Waals surface area contributed by atoms with Gasteiger partial charge in [0.25, 0.3) is 5.69 Å². The summed E-state index contributed by atoms with van der Waals surface area (Å²) in [6, 6.07) is 4.24. The number of nitrogens with zero attached hydrogens (tertiary/aromatic N) is 4. The highest BCUT2D eigenvalue weighted by molar-refractivity contribution is 5.95. The molecule has 18 heavy (non-hydrogen) atoms. The van der Waals surface area contributed by atoms with E-state index in [1.807, 2.05) is 0 Å². The van der Waals surface area contributed by atoms with Gasteiger partial charge in [0.2, 0.25) is 0 Å². The lowest BCUT2D eigenvalue weighted by atomic mass is 10.1. The van der Waals surface area contributed by atoms with Gasteiger partial charge in [-0.25, -0.2) is 0 Å². The third kappa shape index (κ3) is 3.43. The summed E-state index contributed by atoms with van der Waals surface area (Å²) in [5.41, 5.74) is 8.57. The number of Topliss-reactive ketones (excluding diaryl/α,β-unsaturated/α-hetero) is 1. The number of ketones is 1. The fraction of sp³-hybridized carbons (Fsp3) is 0.182.